The molecule has 0 saturated carbocycles. The lowest BCUT2D eigenvalue weighted by molar-refractivity contribution is 0.0981. The largest absolute Gasteiger partial charge is 0.294 e. The second-order valence-electron chi connectivity index (χ2n) is 4.30. The van der Waals surface area contributed by atoms with E-state index in [2.05, 4.69) is 4.98 Å². The fourth-order valence-corrected chi connectivity index (χ4v) is 2.30. The lowest BCUT2D eigenvalue weighted by Gasteiger charge is -2.03. The Morgan fingerprint density at radius 1 is 1.24 bits per heavy atom. The number of sulfone groups is 1. The summed E-state index contributed by atoms with van der Waals surface area (Å²) in [5.41, 5.74) is 2.22. The number of rotatable bonds is 5. The van der Waals surface area contributed by atoms with E-state index < -0.39 is 9.84 Å². The summed E-state index contributed by atoms with van der Waals surface area (Å²) in [5, 5.41) is 0. The Balaban J connectivity index is 2.64. The van der Waals surface area contributed by atoms with Crippen molar-refractivity contribution >= 4 is 15.6 Å². The average Bonchev–Trinajstić information content (AvgIpc) is 2.13. The molecule has 1 rings (SSSR count). The van der Waals surface area contributed by atoms with Gasteiger partial charge in [-0.25, -0.2) is 8.42 Å². The van der Waals surface area contributed by atoms with Crippen LogP contribution in [0.4, 0.5) is 0 Å². The molecule has 1 aromatic rings. The third-order valence-electron chi connectivity index (χ3n) is 2.32. The van der Waals surface area contributed by atoms with Gasteiger partial charge in [0.2, 0.25) is 0 Å². The van der Waals surface area contributed by atoms with Crippen molar-refractivity contribution in [3.63, 3.8) is 0 Å². The van der Waals surface area contributed by atoms with Crippen molar-refractivity contribution in [2.24, 2.45) is 0 Å². The maximum atomic E-state index is 11.8. The SMILES string of the molecule is Cc1cc(C(=O)CCCS(C)(=O)=O)cc(C)n1. The Bertz CT molecular complexity index is 500. The molecule has 0 saturated heterocycles. The highest BCUT2D eigenvalue weighted by Crippen LogP contribution is 2.09. The highest BCUT2D eigenvalue weighted by molar-refractivity contribution is 7.90. The second kappa shape index (κ2) is 5.40. The minimum absolute atomic E-state index is 0.0257. The number of aromatic nitrogens is 1. The van der Waals surface area contributed by atoms with E-state index >= 15 is 0 Å². The van der Waals surface area contributed by atoms with Gasteiger partial charge in [-0.05, 0) is 32.4 Å². The zero-order valence-electron chi connectivity index (χ0n) is 10.4. The lowest BCUT2D eigenvalue weighted by Crippen LogP contribution is -2.07. The number of Topliss-reactive ketones (excluding diaryl/α,β-unsaturated/α-hetero) is 1. The first-order valence-corrected chi connectivity index (χ1v) is 7.50. The monoisotopic (exact) mass is 255 g/mol. The summed E-state index contributed by atoms with van der Waals surface area (Å²) in [6, 6.07) is 3.46. The van der Waals surface area contributed by atoms with Crippen LogP contribution in [0, 0.1) is 13.8 Å². The summed E-state index contributed by atoms with van der Waals surface area (Å²) in [6.45, 7) is 3.67. The van der Waals surface area contributed by atoms with E-state index in [1.165, 1.54) is 6.26 Å². The van der Waals surface area contributed by atoms with E-state index in [1.807, 2.05) is 13.8 Å². The summed E-state index contributed by atoms with van der Waals surface area (Å²) < 4.78 is 21.9. The lowest BCUT2D eigenvalue weighted by atomic mass is 10.1. The molecule has 0 radical (unpaired) electrons. The molecule has 5 heteroatoms. The molecule has 0 aliphatic carbocycles. The van der Waals surface area contributed by atoms with Crippen LogP contribution >= 0.6 is 0 Å². The number of aryl methyl sites for hydroxylation is 2. The van der Waals surface area contributed by atoms with E-state index in [9.17, 15) is 13.2 Å². The fraction of sp³-hybridized carbons (Fsp3) is 0.500. The first kappa shape index (κ1) is 13.8. The number of nitrogens with zero attached hydrogens (tertiary/aromatic N) is 1. The summed E-state index contributed by atoms with van der Waals surface area (Å²) in [5.74, 6) is 0.0316. The van der Waals surface area contributed by atoms with E-state index in [0.29, 0.717) is 12.0 Å². The highest BCUT2D eigenvalue weighted by atomic mass is 32.2. The molecule has 0 N–H and O–H groups in total. The molecule has 94 valence electrons. The molecule has 0 fully saturated rings. The van der Waals surface area contributed by atoms with Gasteiger partial charge in [0.25, 0.3) is 0 Å². The number of carbonyl (C=O) groups is 1. The van der Waals surface area contributed by atoms with E-state index in [-0.39, 0.29) is 18.0 Å². The molecule has 0 aromatic carbocycles. The predicted octanol–water partition coefficient (Wildman–Crippen LogP) is 1.71. The van der Waals surface area contributed by atoms with Crippen molar-refractivity contribution in [3.05, 3.63) is 29.1 Å². The fourth-order valence-electron chi connectivity index (χ4n) is 1.63. The molecule has 0 spiro atoms. The van der Waals surface area contributed by atoms with Gasteiger partial charge >= 0.3 is 0 Å². The van der Waals surface area contributed by atoms with Gasteiger partial charge in [0.1, 0.15) is 9.84 Å². The zero-order valence-corrected chi connectivity index (χ0v) is 11.2. The molecule has 0 aliphatic rings. The smallest absolute Gasteiger partial charge is 0.163 e. The Morgan fingerprint density at radius 3 is 2.24 bits per heavy atom. The summed E-state index contributed by atoms with van der Waals surface area (Å²) in [7, 11) is -2.98. The van der Waals surface area contributed by atoms with Crippen molar-refractivity contribution in [3.8, 4) is 0 Å². The summed E-state index contributed by atoms with van der Waals surface area (Å²) >= 11 is 0. The van der Waals surface area contributed by atoms with Crippen molar-refractivity contribution < 1.29 is 13.2 Å². The van der Waals surface area contributed by atoms with Crippen LogP contribution in [0.5, 0.6) is 0 Å². The van der Waals surface area contributed by atoms with Crippen LogP contribution in [0.15, 0.2) is 12.1 Å². The van der Waals surface area contributed by atoms with E-state index in [4.69, 9.17) is 0 Å². The van der Waals surface area contributed by atoms with Gasteiger partial charge in [-0.1, -0.05) is 0 Å². The molecule has 0 amide bonds. The van der Waals surface area contributed by atoms with Gasteiger partial charge in [-0.3, -0.25) is 9.78 Å². The minimum Gasteiger partial charge on any atom is -0.294 e. The highest BCUT2D eigenvalue weighted by Gasteiger charge is 2.09. The molecular formula is C12H17NO3S. The zero-order chi connectivity index (χ0) is 13.1. The third-order valence-corrected chi connectivity index (χ3v) is 3.35. The van der Waals surface area contributed by atoms with Gasteiger partial charge in [-0.2, -0.15) is 0 Å². The van der Waals surface area contributed by atoms with Crippen LogP contribution in [-0.4, -0.2) is 31.2 Å². The minimum atomic E-state index is -2.98. The topological polar surface area (TPSA) is 64.1 Å². The molecule has 0 aliphatic heterocycles. The Morgan fingerprint density at radius 2 is 1.76 bits per heavy atom. The predicted molar refractivity (Wildman–Crippen MR) is 67.0 cm³/mol. The molecule has 0 unspecified atom stereocenters. The third kappa shape index (κ3) is 5.08. The number of ketones is 1. The molecule has 0 bridgehead atoms. The first-order valence-electron chi connectivity index (χ1n) is 5.44. The Hall–Kier alpha value is -1.23. The van der Waals surface area contributed by atoms with E-state index in [0.717, 1.165) is 11.4 Å². The van der Waals surface area contributed by atoms with Crippen LogP contribution < -0.4 is 0 Å². The van der Waals surface area contributed by atoms with Gasteiger partial charge in [-0.15, -0.1) is 0 Å². The normalized spacial score (nSPS) is 11.5. The number of hydrogen-bond acceptors (Lipinski definition) is 4. The van der Waals surface area contributed by atoms with Crippen LogP contribution in [0.25, 0.3) is 0 Å². The van der Waals surface area contributed by atoms with Gasteiger partial charge < -0.3 is 0 Å². The van der Waals surface area contributed by atoms with Crippen LogP contribution in [0.2, 0.25) is 0 Å². The van der Waals surface area contributed by atoms with Crippen LogP contribution in [0.1, 0.15) is 34.6 Å². The summed E-state index contributed by atoms with van der Waals surface area (Å²) in [4.78, 5) is 16.0. The van der Waals surface area contributed by atoms with Crippen molar-refractivity contribution in [2.45, 2.75) is 26.7 Å². The van der Waals surface area contributed by atoms with Crippen LogP contribution in [-0.2, 0) is 9.84 Å². The van der Waals surface area contributed by atoms with E-state index in [1.54, 1.807) is 12.1 Å². The molecule has 4 nitrogen and oxygen atoms in total. The van der Waals surface area contributed by atoms with Crippen molar-refractivity contribution in [1.82, 2.24) is 4.98 Å². The molecule has 1 aromatic heterocycles. The molecule has 0 atom stereocenters. The maximum absolute atomic E-state index is 11.8. The van der Waals surface area contributed by atoms with Gasteiger partial charge in [0.15, 0.2) is 5.78 Å². The second-order valence-corrected chi connectivity index (χ2v) is 6.55. The van der Waals surface area contributed by atoms with Gasteiger partial charge in [0.05, 0.1) is 5.75 Å². The van der Waals surface area contributed by atoms with Crippen LogP contribution in [0.3, 0.4) is 0 Å². The van der Waals surface area contributed by atoms with Gasteiger partial charge in [0, 0.05) is 29.6 Å². The average molecular weight is 255 g/mol. The quantitative estimate of drug-likeness (QED) is 0.751. The molecular weight excluding hydrogens is 238 g/mol. The number of pyridine rings is 1. The Kier molecular flexibility index (Phi) is 4.40. The standard InChI is InChI=1S/C12H17NO3S/c1-9-7-11(8-10(2)13-9)12(14)5-4-6-17(3,15)16/h7-8H,4-6H2,1-3H3. The maximum Gasteiger partial charge on any atom is 0.163 e. The Labute approximate surface area is 102 Å². The molecule has 1 heterocycles. The van der Waals surface area contributed by atoms with Crippen molar-refractivity contribution in [1.29, 1.82) is 0 Å². The number of hydrogen-bond donors (Lipinski definition) is 0. The number of carbonyl (C=O) groups excluding carboxylic acids is 1. The van der Waals surface area contributed by atoms with Crippen molar-refractivity contribution in [2.75, 3.05) is 12.0 Å². The first-order chi connectivity index (χ1) is 7.78. The molecule has 17 heavy (non-hydrogen) atoms. The summed E-state index contributed by atoms with van der Waals surface area (Å²) in [6.07, 6.45) is 1.81.